The van der Waals surface area contributed by atoms with Gasteiger partial charge in [-0.3, -0.25) is 14.4 Å². The molecule has 2 saturated heterocycles. The second-order valence-corrected chi connectivity index (χ2v) is 6.70. The first-order chi connectivity index (χ1) is 11.8. The Labute approximate surface area is 143 Å². The van der Waals surface area contributed by atoms with Gasteiger partial charge in [0.15, 0.2) is 5.82 Å². The maximum Gasteiger partial charge on any atom is 0.225 e. The molecule has 0 radical (unpaired) electrons. The van der Waals surface area contributed by atoms with Gasteiger partial charge in [0.2, 0.25) is 5.91 Å². The quantitative estimate of drug-likeness (QED) is 0.776. The number of piperidine rings is 1. The van der Waals surface area contributed by atoms with Crippen molar-refractivity contribution < 1.29 is 9.53 Å². The predicted molar refractivity (Wildman–Crippen MR) is 92.9 cm³/mol. The summed E-state index contributed by atoms with van der Waals surface area (Å²) in [6.07, 6.45) is 5.87. The number of ether oxygens (including phenoxy) is 1. The summed E-state index contributed by atoms with van der Waals surface area (Å²) in [7, 11) is 0. The van der Waals surface area contributed by atoms with Crippen molar-refractivity contribution in [3.8, 4) is 0 Å². The minimum absolute atomic E-state index is 0.0759. The number of morpholine rings is 1. The number of carbonyl (C=O) groups is 1. The molecular weight excluding hydrogens is 306 g/mol. The number of nitrogens with zero attached hydrogens (tertiary/aromatic N) is 3. The third-order valence-electron chi connectivity index (χ3n) is 4.90. The molecule has 2 aliphatic heterocycles. The van der Waals surface area contributed by atoms with Crippen LogP contribution >= 0.6 is 0 Å². The molecule has 1 aromatic rings. The highest BCUT2D eigenvalue weighted by Gasteiger charge is 2.15. The molecule has 0 bridgehead atoms. The Kier molecular flexibility index (Phi) is 6.63. The molecule has 7 heteroatoms. The molecule has 24 heavy (non-hydrogen) atoms. The van der Waals surface area contributed by atoms with Crippen LogP contribution in [0.2, 0.25) is 0 Å². The van der Waals surface area contributed by atoms with Crippen molar-refractivity contribution in [1.29, 1.82) is 0 Å². The second-order valence-electron chi connectivity index (χ2n) is 6.70. The van der Waals surface area contributed by atoms with Gasteiger partial charge in [-0.15, -0.1) is 0 Å². The molecule has 3 heterocycles. The van der Waals surface area contributed by atoms with E-state index in [1.165, 1.54) is 12.8 Å². The molecule has 7 nitrogen and oxygen atoms in total. The fourth-order valence-electron chi connectivity index (χ4n) is 3.33. The number of carbonyl (C=O) groups excluding carboxylic acids is 1. The number of hydrogen-bond acceptors (Lipinski definition) is 5. The van der Waals surface area contributed by atoms with Gasteiger partial charge >= 0.3 is 0 Å². The van der Waals surface area contributed by atoms with Crippen LogP contribution in [0.3, 0.4) is 0 Å². The zero-order chi connectivity index (χ0) is 16.6. The third kappa shape index (κ3) is 5.58. The van der Waals surface area contributed by atoms with E-state index in [1.54, 1.807) is 0 Å². The minimum atomic E-state index is 0.0759. The summed E-state index contributed by atoms with van der Waals surface area (Å²) >= 11 is 0. The highest BCUT2D eigenvalue weighted by Crippen LogP contribution is 2.18. The van der Waals surface area contributed by atoms with Crippen molar-refractivity contribution in [3.05, 3.63) is 12.3 Å². The first kappa shape index (κ1) is 17.4. The van der Waals surface area contributed by atoms with Crippen LogP contribution in [0.4, 0.5) is 5.82 Å². The first-order valence-electron chi connectivity index (χ1n) is 9.14. The van der Waals surface area contributed by atoms with Crippen LogP contribution in [0.15, 0.2) is 12.3 Å². The molecule has 2 N–H and O–H groups in total. The van der Waals surface area contributed by atoms with Crippen LogP contribution in [0.5, 0.6) is 0 Å². The van der Waals surface area contributed by atoms with Gasteiger partial charge in [-0.1, -0.05) is 0 Å². The molecule has 2 aliphatic rings. The zero-order valence-corrected chi connectivity index (χ0v) is 14.4. The maximum absolute atomic E-state index is 12.1. The number of rotatable bonds is 7. The number of amides is 1. The van der Waals surface area contributed by atoms with Crippen molar-refractivity contribution in [2.45, 2.75) is 32.2 Å². The Morgan fingerprint density at radius 3 is 2.88 bits per heavy atom. The number of hydrogen-bond donors (Lipinski definition) is 2. The normalized spacial score (nSPS) is 20.2. The van der Waals surface area contributed by atoms with Gasteiger partial charge in [-0.05, 0) is 38.3 Å². The highest BCUT2D eigenvalue weighted by atomic mass is 16.5. The second kappa shape index (κ2) is 9.15. The van der Waals surface area contributed by atoms with Crippen LogP contribution in [-0.4, -0.2) is 66.5 Å². The Morgan fingerprint density at radius 1 is 1.29 bits per heavy atom. The predicted octanol–water partition coefficient (Wildman–Crippen LogP) is 0.934. The Balaban J connectivity index is 1.36. The summed E-state index contributed by atoms with van der Waals surface area (Å²) in [6.45, 7) is 7.58. The average molecular weight is 335 g/mol. The molecule has 1 amide bonds. The van der Waals surface area contributed by atoms with E-state index in [0.717, 1.165) is 58.9 Å². The van der Waals surface area contributed by atoms with Crippen molar-refractivity contribution in [2.75, 3.05) is 51.3 Å². The zero-order valence-electron chi connectivity index (χ0n) is 14.4. The van der Waals surface area contributed by atoms with Crippen LogP contribution in [0.1, 0.15) is 25.7 Å². The Morgan fingerprint density at radius 2 is 2.08 bits per heavy atom. The number of nitrogens with one attached hydrogen (secondary N) is 2. The van der Waals surface area contributed by atoms with E-state index in [9.17, 15) is 4.79 Å². The summed E-state index contributed by atoms with van der Waals surface area (Å²) in [4.78, 5) is 14.4. The van der Waals surface area contributed by atoms with Gasteiger partial charge in [-0.2, -0.15) is 5.10 Å². The van der Waals surface area contributed by atoms with Crippen molar-refractivity contribution in [1.82, 2.24) is 20.0 Å². The van der Waals surface area contributed by atoms with E-state index in [0.29, 0.717) is 18.2 Å². The average Bonchev–Trinajstić information content (AvgIpc) is 3.07. The lowest BCUT2D eigenvalue weighted by Gasteiger charge is -2.26. The van der Waals surface area contributed by atoms with E-state index in [-0.39, 0.29) is 5.91 Å². The van der Waals surface area contributed by atoms with E-state index in [4.69, 9.17) is 4.74 Å². The fourth-order valence-corrected chi connectivity index (χ4v) is 3.33. The van der Waals surface area contributed by atoms with Crippen LogP contribution in [0, 0.1) is 5.92 Å². The maximum atomic E-state index is 12.1. The van der Waals surface area contributed by atoms with Crippen LogP contribution in [0.25, 0.3) is 0 Å². The summed E-state index contributed by atoms with van der Waals surface area (Å²) in [5.74, 6) is 1.42. The molecule has 0 saturated carbocycles. The molecule has 0 unspecified atom stereocenters. The first-order valence-corrected chi connectivity index (χ1v) is 9.14. The fraction of sp³-hybridized carbons (Fsp3) is 0.765. The van der Waals surface area contributed by atoms with Gasteiger partial charge < -0.3 is 15.4 Å². The molecule has 0 aromatic carbocycles. The lowest BCUT2D eigenvalue weighted by Crippen LogP contribution is -2.38. The third-order valence-corrected chi connectivity index (χ3v) is 4.90. The molecular formula is C17H29N5O2. The minimum Gasteiger partial charge on any atom is -0.379 e. The van der Waals surface area contributed by atoms with Crippen molar-refractivity contribution in [3.63, 3.8) is 0 Å². The standard InChI is InChI=1S/C17H29N5O2/c23-17(2-1-15-3-6-18-7-4-15)19-16-5-8-22(20-16)10-9-21-11-13-24-14-12-21/h5,8,15,18H,1-4,6-7,9-14H2,(H,19,20,23). The highest BCUT2D eigenvalue weighted by molar-refractivity contribution is 5.89. The van der Waals surface area contributed by atoms with Crippen molar-refractivity contribution in [2.24, 2.45) is 5.92 Å². The molecule has 0 atom stereocenters. The Hall–Kier alpha value is -1.44. The summed E-state index contributed by atoms with van der Waals surface area (Å²) in [5.41, 5.74) is 0. The van der Waals surface area contributed by atoms with Gasteiger partial charge in [0.05, 0.1) is 19.8 Å². The van der Waals surface area contributed by atoms with E-state index in [2.05, 4.69) is 20.6 Å². The molecule has 1 aromatic heterocycles. The van der Waals surface area contributed by atoms with Gasteiger partial charge in [0, 0.05) is 38.3 Å². The SMILES string of the molecule is O=C(CCC1CCNCC1)Nc1ccn(CCN2CCOCC2)n1. The van der Waals surface area contributed by atoms with E-state index < -0.39 is 0 Å². The molecule has 3 rings (SSSR count). The van der Waals surface area contributed by atoms with E-state index in [1.807, 2.05) is 16.9 Å². The summed E-state index contributed by atoms with van der Waals surface area (Å²) in [5, 5.41) is 10.7. The molecule has 0 aliphatic carbocycles. The topological polar surface area (TPSA) is 71.4 Å². The monoisotopic (exact) mass is 335 g/mol. The number of anilines is 1. The van der Waals surface area contributed by atoms with E-state index >= 15 is 0 Å². The van der Waals surface area contributed by atoms with Gasteiger partial charge in [0.1, 0.15) is 0 Å². The molecule has 2 fully saturated rings. The largest absolute Gasteiger partial charge is 0.379 e. The smallest absolute Gasteiger partial charge is 0.225 e. The van der Waals surface area contributed by atoms with Gasteiger partial charge in [0.25, 0.3) is 0 Å². The summed E-state index contributed by atoms with van der Waals surface area (Å²) < 4.78 is 7.25. The van der Waals surface area contributed by atoms with Crippen LogP contribution in [-0.2, 0) is 16.1 Å². The van der Waals surface area contributed by atoms with Crippen molar-refractivity contribution >= 4 is 11.7 Å². The van der Waals surface area contributed by atoms with Crippen LogP contribution < -0.4 is 10.6 Å². The molecule has 0 spiro atoms. The lowest BCUT2D eigenvalue weighted by molar-refractivity contribution is -0.116. The van der Waals surface area contributed by atoms with Gasteiger partial charge in [-0.25, -0.2) is 0 Å². The Bertz CT molecular complexity index is 507. The lowest BCUT2D eigenvalue weighted by atomic mass is 9.93. The number of aromatic nitrogens is 2. The summed E-state index contributed by atoms with van der Waals surface area (Å²) in [6, 6.07) is 1.88. The molecule has 134 valence electrons.